The summed E-state index contributed by atoms with van der Waals surface area (Å²) in [5.74, 6) is 0.788. The molecule has 0 aromatic rings. The summed E-state index contributed by atoms with van der Waals surface area (Å²) in [4.78, 5) is 0. The van der Waals surface area contributed by atoms with Crippen molar-refractivity contribution in [2.45, 2.75) is 64.7 Å². The standard InChI is InChI=1S/C15H29NO2S/c1-13(2,19(6,17)18)10-16-12-9-11-7-8-15(12,5)14(11,3)4/h11-12,16H,7-10H2,1-6H3. The fourth-order valence-corrected chi connectivity index (χ4v) is 4.36. The van der Waals surface area contributed by atoms with Gasteiger partial charge in [-0.05, 0) is 49.9 Å². The molecule has 4 heteroatoms. The highest BCUT2D eigenvalue weighted by molar-refractivity contribution is 7.92. The zero-order valence-corrected chi connectivity index (χ0v) is 14.0. The maximum atomic E-state index is 11.8. The summed E-state index contributed by atoms with van der Waals surface area (Å²) in [6, 6.07) is 0.460. The second-order valence-corrected chi connectivity index (χ2v) is 10.7. The Morgan fingerprint density at radius 2 is 1.84 bits per heavy atom. The Kier molecular flexibility index (Phi) is 3.38. The quantitative estimate of drug-likeness (QED) is 0.864. The molecular formula is C15H29NO2S. The second kappa shape index (κ2) is 4.20. The van der Waals surface area contributed by atoms with Crippen LogP contribution >= 0.6 is 0 Å². The fourth-order valence-electron chi connectivity index (χ4n) is 4.01. The fraction of sp³-hybridized carbons (Fsp3) is 1.00. The van der Waals surface area contributed by atoms with Crippen LogP contribution in [0.5, 0.6) is 0 Å². The molecule has 2 bridgehead atoms. The van der Waals surface area contributed by atoms with Gasteiger partial charge in [0, 0.05) is 18.8 Å². The Balaban J connectivity index is 2.08. The Morgan fingerprint density at radius 3 is 2.21 bits per heavy atom. The van der Waals surface area contributed by atoms with E-state index in [4.69, 9.17) is 0 Å². The van der Waals surface area contributed by atoms with Crippen LogP contribution in [0.2, 0.25) is 0 Å². The first-order valence-corrected chi connectivity index (χ1v) is 9.24. The normalized spacial score (nSPS) is 37.8. The third-order valence-corrected chi connectivity index (χ3v) is 8.72. The van der Waals surface area contributed by atoms with Crippen molar-refractivity contribution >= 4 is 9.84 Å². The highest BCUT2D eigenvalue weighted by atomic mass is 32.2. The Morgan fingerprint density at radius 1 is 1.26 bits per heavy atom. The minimum Gasteiger partial charge on any atom is -0.312 e. The number of hydrogen-bond acceptors (Lipinski definition) is 3. The third kappa shape index (κ3) is 2.15. The van der Waals surface area contributed by atoms with Crippen molar-refractivity contribution in [3.8, 4) is 0 Å². The van der Waals surface area contributed by atoms with Gasteiger partial charge in [-0.15, -0.1) is 0 Å². The zero-order valence-electron chi connectivity index (χ0n) is 13.2. The number of sulfone groups is 1. The number of nitrogens with one attached hydrogen (secondary N) is 1. The Bertz CT molecular complexity index is 467. The van der Waals surface area contributed by atoms with Crippen LogP contribution in [0.1, 0.15) is 53.9 Å². The zero-order chi connectivity index (χ0) is 14.7. The van der Waals surface area contributed by atoms with Crippen LogP contribution in [0.3, 0.4) is 0 Å². The van der Waals surface area contributed by atoms with E-state index in [0.717, 1.165) is 5.92 Å². The molecule has 0 radical (unpaired) electrons. The van der Waals surface area contributed by atoms with E-state index in [1.165, 1.54) is 25.5 Å². The van der Waals surface area contributed by atoms with Gasteiger partial charge in [-0.25, -0.2) is 8.42 Å². The molecule has 0 spiro atoms. The Labute approximate surface area is 118 Å². The molecule has 112 valence electrons. The van der Waals surface area contributed by atoms with Crippen LogP contribution in [0.4, 0.5) is 0 Å². The van der Waals surface area contributed by atoms with Crippen LogP contribution in [0.15, 0.2) is 0 Å². The number of fused-ring (bicyclic) bond motifs is 2. The molecule has 2 aliphatic rings. The van der Waals surface area contributed by atoms with Crippen molar-refractivity contribution in [2.24, 2.45) is 16.7 Å². The third-order valence-electron chi connectivity index (χ3n) is 6.57. The van der Waals surface area contributed by atoms with E-state index in [2.05, 4.69) is 26.1 Å². The van der Waals surface area contributed by atoms with Gasteiger partial charge in [-0.3, -0.25) is 0 Å². The maximum absolute atomic E-state index is 11.8. The average Bonchev–Trinajstić information content (AvgIpc) is 2.57. The van der Waals surface area contributed by atoms with Crippen molar-refractivity contribution < 1.29 is 8.42 Å². The van der Waals surface area contributed by atoms with Crippen molar-refractivity contribution in [3.05, 3.63) is 0 Å². The van der Waals surface area contributed by atoms with Crippen molar-refractivity contribution in [1.82, 2.24) is 5.32 Å². The lowest BCUT2D eigenvalue weighted by atomic mass is 9.69. The molecule has 0 aromatic carbocycles. The van der Waals surface area contributed by atoms with E-state index in [0.29, 0.717) is 23.4 Å². The van der Waals surface area contributed by atoms with Gasteiger partial charge in [0.15, 0.2) is 9.84 Å². The maximum Gasteiger partial charge on any atom is 0.153 e. The van der Waals surface area contributed by atoms with E-state index in [1.807, 2.05) is 13.8 Å². The van der Waals surface area contributed by atoms with Crippen molar-refractivity contribution in [2.75, 3.05) is 12.8 Å². The molecule has 0 heterocycles. The molecule has 3 atom stereocenters. The lowest BCUT2D eigenvalue weighted by Gasteiger charge is -2.40. The topological polar surface area (TPSA) is 46.2 Å². The Hall–Kier alpha value is -0.0900. The summed E-state index contributed by atoms with van der Waals surface area (Å²) >= 11 is 0. The van der Waals surface area contributed by atoms with Crippen molar-refractivity contribution in [3.63, 3.8) is 0 Å². The monoisotopic (exact) mass is 287 g/mol. The van der Waals surface area contributed by atoms with E-state index in [9.17, 15) is 8.42 Å². The molecule has 2 rings (SSSR count). The summed E-state index contributed by atoms with van der Waals surface area (Å²) in [6.07, 6.45) is 5.13. The van der Waals surface area contributed by atoms with Gasteiger partial charge in [-0.1, -0.05) is 20.8 Å². The van der Waals surface area contributed by atoms with Crippen LogP contribution < -0.4 is 5.32 Å². The molecule has 2 aliphatic carbocycles. The molecule has 0 saturated heterocycles. The van der Waals surface area contributed by atoms with Gasteiger partial charge in [0.05, 0.1) is 4.75 Å². The number of rotatable bonds is 4. The van der Waals surface area contributed by atoms with E-state index in [1.54, 1.807) is 0 Å². The smallest absolute Gasteiger partial charge is 0.153 e. The van der Waals surface area contributed by atoms with Gasteiger partial charge in [0.2, 0.25) is 0 Å². The largest absolute Gasteiger partial charge is 0.312 e. The molecule has 0 amide bonds. The van der Waals surface area contributed by atoms with E-state index in [-0.39, 0.29) is 0 Å². The highest BCUT2D eigenvalue weighted by Gasteiger charge is 2.61. The van der Waals surface area contributed by atoms with E-state index < -0.39 is 14.6 Å². The molecular weight excluding hydrogens is 258 g/mol. The first kappa shape index (κ1) is 15.3. The van der Waals surface area contributed by atoms with Gasteiger partial charge in [-0.2, -0.15) is 0 Å². The van der Waals surface area contributed by atoms with E-state index >= 15 is 0 Å². The predicted molar refractivity (Wildman–Crippen MR) is 79.9 cm³/mol. The van der Waals surface area contributed by atoms with Crippen LogP contribution in [0, 0.1) is 16.7 Å². The summed E-state index contributed by atoms with van der Waals surface area (Å²) in [6.45, 7) is 11.3. The number of hydrogen-bond donors (Lipinski definition) is 1. The van der Waals surface area contributed by atoms with Crippen molar-refractivity contribution in [1.29, 1.82) is 0 Å². The predicted octanol–water partition coefficient (Wildman–Crippen LogP) is 2.61. The SMILES string of the molecule is CC1(C)C2CCC1(C)C(NCC(C)(C)S(C)(=O)=O)C2. The van der Waals surface area contributed by atoms with Gasteiger partial charge < -0.3 is 5.32 Å². The molecule has 0 aliphatic heterocycles. The minimum atomic E-state index is -3.02. The first-order chi connectivity index (χ1) is 8.42. The first-order valence-electron chi connectivity index (χ1n) is 7.35. The summed E-state index contributed by atoms with van der Waals surface area (Å²) in [7, 11) is -3.02. The molecule has 3 unspecified atom stereocenters. The van der Waals surface area contributed by atoms with Gasteiger partial charge in [0.1, 0.15) is 0 Å². The summed E-state index contributed by atoms with van der Waals surface area (Å²) < 4.78 is 22.9. The molecule has 0 aromatic heterocycles. The summed E-state index contributed by atoms with van der Waals surface area (Å²) in [5, 5.41) is 3.58. The molecule has 2 fully saturated rings. The lowest BCUT2D eigenvalue weighted by molar-refractivity contribution is 0.120. The molecule has 2 saturated carbocycles. The minimum absolute atomic E-state index is 0.311. The van der Waals surface area contributed by atoms with Crippen LogP contribution in [-0.4, -0.2) is 32.0 Å². The second-order valence-electron chi connectivity index (χ2n) is 8.08. The van der Waals surface area contributed by atoms with Gasteiger partial charge in [0.25, 0.3) is 0 Å². The molecule has 19 heavy (non-hydrogen) atoms. The van der Waals surface area contributed by atoms with Crippen LogP contribution in [-0.2, 0) is 9.84 Å². The molecule has 3 nitrogen and oxygen atoms in total. The average molecular weight is 287 g/mol. The molecule has 1 N–H and O–H groups in total. The van der Waals surface area contributed by atoms with Gasteiger partial charge >= 0.3 is 0 Å². The lowest BCUT2D eigenvalue weighted by Crippen LogP contribution is -2.50. The highest BCUT2D eigenvalue weighted by Crippen LogP contribution is 2.65. The van der Waals surface area contributed by atoms with Crippen LogP contribution in [0.25, 0.3) is 0 Å². The summed E-state index contributed by atoms with van der Waals surface area (Å²) in [5.41, 5.74) is 0.686.